The number of nitrogens with zero attached hydrogens (tertiary/aromatic N) is 3. The van der Waals surface area contributed by atoms with Crippen molar-refractivity contribution in [2.45, 2.75) is 63.7 Å². The summed E-state index contributed by atoms with van der Waals surface area (Å²) >= 11 is 2.91. The van der Waals surface area contributed by atoms with E-state index in [1.54, 1.807) is 20.8 Å². The summed E-state index contributed by atoms with van der Waals surface area (Å²) in [6, 6.07) is 9.79. The van der Waals surface area contributed by atoms with Crippen LogP contribution in [0.1, 0.15) is 42.7 Å². The predicted molar refractivity (Wildman–Crippen MR) is 150 cm³/mol. The lowest BCUT2D eigenvalue weighted by Gasteiger charge is -2.26. The van der Waals surface area contributed by atoms with E-state index in [1.807, 2.05) is 25.1 Å². The minimum Gasteiger partial charge on any atom is -0.338 e. The molecule has 0 bridgehead atoms. The molecule has 7 nitrogen and oxygen atoms in total. The van der Waals surface area contributed by atoms with Crippen LogP contribution in [0.4, 0.5) is 0 Å². The maximum atomic E-state index is 13.9. The summed E-state index contributed by atoms with van der Waals surface area (Å²) < 4.78 is 25.7. The van der Waals surface area contributed by atoms with Crippen LogP contribution in [0.5, 0.6) is 0 Å². The molecule has 5 rings (SSSR count). The second kappa shape index (κ2) is 10.9. The third kappa shape index (κ3) is 5.66. The number of thioether (sulfide) groups is 1. The van der Waals surface area contributed by atoms with Gasteiger partial charge in [-0.05, 0) is 56.1 Å². The summed E-state index contributed by atoms with van der Waals surface area (Å²) in [5.41, 5.74) is 2.29. The lowest BCUT2D eigenvalue weighted by Crippen LogP contribution is -2.42. The topological polar surface area (TPSA) is 89.3 Å². The number of thiophene rings is 1. The smallest absolute Gasteiger partial charge is 0.263 e. The maximum absolute atomic E-state index is 13.9. The number of aryl methyl sites for hydroxylation is 2. The molecule has 0 unspecified atom stereocenters. The van der Waals surface area contributed by atoms with Crippen molar-refractivity contribution in [2.75, 3.05) is 23.8 Å². The molecule has 0 N–H and O–H groups in total. The second-order valence-electron chi connectivity index (χ2n) is 10.1. The standard InChI is InChI=1S/C27H33N3O4S3/c1-3-29(20-12-14-37(33,34)17-20)23(31)16-35-27-28-25-24(21-10-9-18(2)15-22(21)36-25)26(32)30(27)13-11-19-7-5-4-6-8-19/h4-8,18,20H,3,9-17H2,1-2H3/t18-,20-/m1/s1. The maximum Gasteiger partial charge on any atom is 0.263 e. The molecule has 10 heteroatoms. The fourth-order valence-corrected chi connectivity index (χ4v) is 9.53. The number of carbonyl (C=O) groups is 1. The third-order valence-electron chi connectivity index (χ3n) is 7.48. The number of aromatic nitrogens is 2. The Kier molecular flexibility index (Phi) is 7.79. The van der Waals surface area contributed by atoms with Crippen LogP contribution in [0.15, 0.2) is 40.3 Å². The quantitative estimate of drug-likeness (QED) is 0.307. The summed E-state index contributed by atoms with van der Waals surface area (Å²) in [6.07, 6.45) is 4.15. The average Bonchev–Trinajstić information content (AvgIpc) is 3.42. The number of hydrogen-bond acceptors (Lipinski definition) is 7. The molecule has 198 valence electrons. The summed E-state index contributed by atoms with van der Waals surface area (Å²) in [5.74, 6) is 0.774. The minimum absolute atomic E-state index is 0.0165. The van der Waals surface area contributed by atoms with Gasteiger partial charge in [0.2, 0.25) is 5.91 Å². The zero-order chi connectivity index (χ0) is 26.2. The van der Waals surface area contributed by atoms with Crippen LogP contribution in [-0.4, -0.2) is 58.6 Å². The molecule has 2 aliphatic rings. The van der Waals surface area contributed by atoms with Gasteiger partial charge in [0.05, 0.1) is 22.6 Å². The first kappa shape index (κ1) is 26.4. The Balaban J connectivity index is 1.44. The largest absolute Gasteiger partial charge is 0.338 e. The monoisotopic (exact) mass is 559 g/mol. The molecule has 1 aliphatic carbocycles. The van der Waals surface area contributed by atoms with Crippen molar-refractivity contribution >= 4 is 49.1 Å². The van der Waals surface area contributed by atoms with Crippen molar-refractivity contribution < 1.29 is 13.2 Å². The van der Waals surface area contributed by atoms with E-state index in [1.165, 1.54) is 16.6 Å². The SMILES string of the molecule is CCN(C(=O)CSc1nc2sc3c(c2c(=O)n1CCc1ccccc1)CC[C@@H](C)C3)[C@@H]1CCS(=O)(=O)C1. The normalized spacial score (nSPS) is 20.7. The first-order chi connectivity index (χ1) is 17.8. The van der Waals surface area contributed by atoms with Gasteiger partial charge in [-0.3, -0.25) is 14.2 Å². The molecule has 0 saturated carbocycles. The van der Waals surface area contributed by atoms with Crippen LogP contribution in [-0.2, 0) is 40.4 Å². The van der Waals surface area contributed by atoms with Gasteiger partial charge < -0.3 is 4.90 Å². The van der Waals surface area contributed by atoms with Crippen LogP contribution < -0.4 is 5.56 Å². The molecule has 0 spiro atoms. The molecule has 2 aromatic heterocycles. The Morgan fingerprint density at radius 1 is 1.24 bits per heavy atom. The van der Waals surface area contributed by atoms with Gasteiger partial charge in [0, 0.05) is 24.0 Å². The van der Waals surface area contributed by atoms with Gasteiger partial charge in [0.15, 0.2) is 15.0 Å². The average molecular weight is 560 g/mol. The van der Waals surface area contributed by atoms with E-state index in [4.69, 9.17) is 4.98 Å². The zero-order valence-electron chi connectivity index (χ0n) is 21.3. The zero-order valence-corrected chi connectivity index (χ0v) is 23.8. The molecule has 3 heterocycles. The van der Waals surface area contributed by atoms with E-state index >= 15 is 0 Å². The molecule has 1 fully saturated rings. The number of carbonyl (C=O) groups excluding carboxylic acids is 1. The van der Waals surface area contributed by atoms with Crippen molar-refractivity contribution in [1.82, 2.24) is 14.5 Å². The highest BCUT2D eigenvalue weighted by molar-refractivity contribution is 7.99. The Morgan fingerprint density at radius 2 is 2.03 bits per heavy atom. The first-order valence-corrected chi connectivity index (χ1v) is 16.6. The van der Waals surface area contributed by atoms with Gasteiger partial charge in [-0.25, -0.2) is 13.4 Å². The summed E-state index contributed by atoms with van der Waals surface area (Å²) in [4.78, 5) is 35.7. The van der Waals surface area contributed by atoms with Crippen molar-refractivity contribution in [3.63, 3.8) is 0 Å². The predicted octanol–water partition coefficient (Wildman–Crippen LogP) is 3.95. The number of hydrogen-bond donors (Lipinski definition) is 0. The first-order valence-electron chi connectivity index (χ1n) is 13.0. The lowest BCUT2D eigenvalue weighted by atomic mass is 9.89. The molecule has 1 aliphatic heterocycles. The Bertz CT molecular complexity index is 1460. The fraction of sp³-hybridized carbons (Fsp3) is 0.519. The second-order valence-corrected chi connectivity index (χ2v) is 14.4. The van der Waals surface area contributed by atoms with Gasteiger partial charge in [-0.15, -0.1) is 11.3 Å². The molecular weight excluding hydrogens is 527 g/mol. The molecule has 0 radical (unpaired) electrons. The third-order valence-corrected chi connectivity index (χ3v) is 11.3. The highest BCUT2D eigenvalue weighted by Crippen LogP contribution is 2.36. The minimum atomic E-state index is -3.08. The lowest BCUT2D eigenvalue weighted by molar-refractivity contribution is -0.129. The molecule has 1 saturated heterocycles. The van der Waals surface area contributed by atoms with Crippen LogP contribution in [0.25, 0.3) is 10.2 Å². The van der Waals surface area contributed by atoms with E-state index in [-0.39, 0.29) is 34.8 Å². The van der Waals surface area contributed by atoms with Gasteiger partial charge in [0.25, 0.3) is 5.56 Å². The van der Waals surface area contributed by atoms with Gasteiger partial charge in [-0.2, -0.15) is 0 Å². The molecule has 1 amide bonds. The van der Waals surface area contributed by atoms with Gasteiger partial charge in [-0.1, -0.05) is 49.0 Å². The van der Waals surface area contributed by atoms with E-state index < -0.39 is 9.84 Å². The van der Waals surface area contributed by atoms with Crippen molar-refractivity contribution in [2.24, 2.45) is 5.92 Å². The van der Waals surface area contributed by atoms with Crippen molar-refractivity contribution in [3.05, 3.63) is 56.7 Å². The Hall–Kier alpha value is -2.17. The molecule has 1 aromatic carbocycles. The number of fused-ring (bicyclic) bond motifs is 3. The van der Waals surface area contributed by atoms with E-state index in [2.05, 4.69) is 19.1 Å². The van der Waals surface area contributed by atoms with E-state index in [0.717, 1.165) is 40.6 Å². The van der Waals surface area contributed by atoms with E-state index in [0.29, 0.717) is 37.0 Å². The Morgan fingerprint density at radius 3 is 2.73 bits per heavy atom. The van der Waals surface area contributed by atoms with Crippen LogP contribution in [0, 0.1) is 5.92 Å². The molecule has 2 atom stereocenters. The number of benzene rings is 1. The number of amides is 1. The highest BCUT2D eigenvalue weighted by Gasteiger charge is 2.34. The van der Waals surface area contributed by atoms with Crippen LogP contribution in [0.2, 0.25) is 0 Å². The van der Waals surface area contributed by atoms with Gasteiger partial charge >= 0.3 is 0 Å². The molecule has 3 aromatic rings. The number of sulfone groups is 1. The summed E-state index contributed by atoms with van der Waals surface area (Å²) in [5, 5.41) is 1.31. The Labute approximate surface area is 226 Å². The van der Waals surface area contributed by atoms with E-state index in [9.17, 15) is 18.0 Å². The fourth-order valence-electron chi connectivity index (χ4n) is 5.47. The van der Waals surface area contributed by atoms with Crippen LogP contribution in [0.3, 0.4) is 0 Å². The molecule has 37 heavy (non-hydrogen) atoms. The summed E-state index contributed by atoms with van der Waals surface area (Å²) in [7, 11) is -3.08. The van der Waals surface area contributed by atoms with Gasteiger partial charge in [0.1, 0.15) is 4.83 Å². The molecular formula is C27H33N3O4S3. The highest BCUT2D eigenvalue weighted by atomic mass is 32.2. The van der Waals surface area contributed by atoms with Crippen molar-refractivity contribution in [1.29, 1.82) is 0 Å². The van der Waals surface area contributed by atoms with Crippen molar-refractivity contribution in [3.8, 4) is 0 Å². The van der Waals surface area contributed by atoms with Crippen LogP contribution >= 0.6 is 23.1 Å². The number of rotatable bonds is 8. The summed E-state index contributed by atoms with van der Waals surface area (Å²) in [6.45, 7) is 5.08.